The summed E-state index contributed by atoms with van der Waals surface area (Å²) in [5.74, 6) is -1.20. The molecule has 1 aromatic rings. The Labute approximate surface area is 98.3 Å². The largest absolute Gasteiger partial charge is 0.452 e. The van der Waals surface area contributed by atoms with Crippen molar-refractivity contribution in [2.24, 2.45) is 5.73 Å². The summed E-state index contributed by atoms with van der Waals surface area (Å²) in [4.78, 5) is 22.1. The second-order valence-electron chi connectivity index (χ2n) is 3.30. The fraction of sp³-hybridized carbons (Fsp3) is 0.273. The first-order chi connectivity index (χ1) is 7.50. The Balaban J connectivity index is 2.59. The summed E-state index contributed by atoms with van der Waals surface area (Å²) in [6.07, 6.45) is -0.896. The van der Waals surface area contributed by atoms with Crippen LogP contribution < -0.4 is 5.73 Å². The summed E-state index contributed by atoms with van der Waals surface area (Å²) in [5.41, 5.74) is 5.62. The smallest absolute Gasteiger partial charge is 0.311 e. The van der Waals surface area contributed by atoms with Gasteiger partial charge in [-0.3, -0.25) is 9.59 Å². The van der Waals surface area contributed by atoms with Gasteiger partial charge in [0.2, 0.25) is 0 Å². The van der Waals surface area contributed by atoms with E-state index in [-0.39, 0.29) is 6.42 Å². The number of ether oxygens (including phenoxy) is 1. The Morgan fingerprint density at radius 2 is 2.06 bits per heavy atom. The zero-order chi connectivity index (χ0) is 12.1. The second kappa shape index (κ2) is 5.51. The van der Waals surface area contributed by atoms with Crippen molar-refractivity contribution in [1.29, 1.82) is 0 Å². The standard InChI is InChI=1S/C11H12ClNO3/c1-7(11(13)15)16-10(14)6-8-4-2-3-5-9(8)12/h2-5,7H,6H2,1H3,(H2,13,15)/t7-/m1/s1. The third-order valence-electron chi connectivity index (χ3n) is 2.00. The van der Waals surface area contributed by atoms with Crippen LogP contribution in [-0.2, 0) is 20.7 Å². The van der Waals surface area contributed by atoms with Crippen molar-refractivity contribution in [3.05, 3.63) is 34.9 Å². The SMILES string of the molecule is C[C@@H](OC(=O)Cc1ccccc1Cl)C(N)=O. The molecule has 86 valence electrons. The summed E-state index contributed by atoms with van der Waals surface area (Å²) in [5, 5.41) is 0.492. The normalized spacial score (nSPS) is 11.9. The van der Waals surface area contributed by atoms with Crippen LogP contribution in [0.2, 0.25) is 5.02 Å². The fourth-order valence-corrected chi connectivity index (χ4v) is 1.30. The van der Waals surface area contributed by atoms with Crippen molar-refractivity contribution in [3.8, 4) is 0 Å². The average Bonchev–Trinajstić information content (AvgIpc) is 2.21. The van der Waals surface area contributed by atoms with Crippen LogP contribution in [0.15, 0.2) is 24.3 Å². The van der Waals surface area contributed by atoms with Crippen molar-refractivity contribution < 1.29 is 14.3 Å². The number of nitrogens with two attached hydrogens (primary N) is 1. The number of benzene rings is 1. The highest BCUT2D eigenvalue weighted by atomic mass is 35.5. The van der Waals surface area contributed by atoms with Crippen molar-refractivity contribution in [1.82, 2.24) is 0 Å². The summed E-state index contributed by atoms with van der Waals surface area (Å²) >= 11 is 5.87. The number of hydrogen-bond donors (Lipinski definition) is 1. The van der Waals surface area contributed by atoms with E-state index in [0.29, 0.717) is 10.6 Å². The molecular weight excluding hydrogens is 230 g/mol. The highest BCUT2D eigenvalue weighted by Crippen LogP contribution is 2.15. The minimum atomic E-state index is -0.921. The Morgan fingerprint density at radius 3 is 2.62 bits per heavy atom. The first-order valence-corrected chi connectivity index (χ1v) is 5.10. The van der Waals surface area contributed by atoms with Crippen LogP contribution in [0.1, 0.15) is 12.5 Å². The van der Waals surface area contributed by atoms with E-state index in [1.807, 2.05) is 0 Å². The minimum absolute atomic E-state index is 0.0251. The molecule has 16 heavy (non-hydrogen) atoms. The molecule has 0 aliphatic carbocycles. The number of amides is 1. The molecule has 0 saturated carbocycles. The molecule has 0 radical (unpaired) electrons. The van der Waals surface area contributed by atoms with Crippen molar-refractivity contribution in [3.63, 3.8) is 0 Å². The first kappa shape index (κ1) is 12.5. The fourth-order valence-electron chi connectivity index (χ4n) is 1.09. The maximum absolute atomic E-state index is 11.4. The number of rotatable bonds is 4. The van der Waals surface area contributed by atoms with Gasteiger partial charge in [-0.05, 0) is 18.6 Å². The Morgan fingerprint density at radius 1 is 1.44 bits per heavy atom. The molecule has 0 fully saturated rings. The predicted octanol–water partition coefficient (Wildman–Crippen LogP) is 1.30. The zero-order valence-electron chi connectivity index (χ0n) is 8.77. The van der Waals surface area contributed by atoms with E-state index in [9.17, 15) is 9.59 Å². The molecule has 4 nitrogen and oxygen atoms in total. The van der Waals surface area contributed by atoms with Gasteiger partial charge in [-0.1, -0.05) is 29.8 Å². The van der Waals surface area contributed by atoms with E-state index in [1.54, 1.807) is 24.3 Å². The van der Waals surface area contributed by atoms with Crippen molar-refractivity contribution >= 4 is 23.5 Å². The molecule has 0 aliphatic heterocycles. The highest BCUT2D eigenvalue weighted by molar-refractivity contribution is 6.31. The third-order valence-corrected chi connectivity index (χ3v) is 2.37. The average molecular weight is 242 g/mol. The summed E-state index contributed by atoms with van der Waals surface area (Å²) < 4.78 is 4.80. The monoisotopic (exact) mass is 241 g/mol. The van der Waals surface area contributed by atoms with E-state index >= 15 is 0 Å². The summed E-state index contributed by atoms with van der Waals surface area (Å²) in [7, 11) is 0. The van der Waals surface area contributed by atoms with E-state index < -0.39 is 18.0 Å². The molecule has 0 aromatic heterocycles. The number of hydrogen-bond acceptors (Lipinski definition) is 3. The number of carbonyl (C=O) groups excluding carboxylic acids is 2. The quantitative estimate of drug-likeness (QED) is 0.808. The minimum Gasteiger partial charge on any atom is -0.452 e. The Kier molecular flexibility index (Phi) is 4.31. The predicted molar refractivity (Wildman–Crippen MR) is 59.9 cm³/mol. The molecule has 0 unspecified atom stereocenters. The molecule has 0 aliphatic rings. The van der Waals surface area contributed by atoms with Gasteiger partial charge in [0.15, 0.2) is 6.10 Å². The van der Waals surface area contributed by atoms with E-state index in [4.69, 9.17) is 22.1 Å². The lowest BCUT2D eigenvalue weighted by molar-refractivity contribution is -0.153. The van der Waals surface area contributed by atoms with E-state index in [0.717, 1.165) is 0 Å². The number of esters is 1. The second-order valence-corrected chi connectivity index (χ2v) is 3.71. The van der Waals surface area contributed by atoms with Crippen LogP contribution in [0.3, 0.4) is 0 Å². The van der Waals surface area contributed by atoms with Crippen LogP contribution in [0.5, 0.6) is 0 Å². The lowest BCUT2D eigenvalue weighted by Crippen LogP contribution is -2.30. The van der Waals surface area contributed by atoms with Gasteiger partial charge in [-0.15, -0.1) is 0 Å². The van der Waals surface area contributed by atoms with Crippen LogP contribution >= 0.6 is 11.6 Å². The van der Waals surface area contributed by atoms with Gasteiger partial charge in [0, 0.05) is 5.02 Å². The molecule has 1 aromatic carbocycles. The maximum atomic E-state index is 11.4. The van der Waals surface area contributed by atoms with Gasteiger partial charge < -0.3 is 10.5 Å². The summed E-state index contributed by atoms with van der Waals surface area (Å²) in [6, 6.07) is 6.94. The van der Waals surface area contributed by atoms with Crippen LogP contribution in [-0.4, -0.2) is 18.0 Å². The van der Waals surface area contributed by atoms with Gasteiger partial charge in [0.1, 0.15) is 0 Å². The van der Waals surface area contributed by atoms with Crippen LogP contribution in [0.4, 0.5) is 0 Å². The molecule has 5 heteroatoms. The molecule has 0 heterocycles. The zero-order valence-corrected chi connectivity index (χ0v) is 9.53. The van der Waals surface area contributed by atoms with E-state index in [2.05, 4.69) is 0 Å². The maximum Gasteiger partial charge on any atom is 0.311 e. The molecule has 0 spiro atoms. The number of carbonyl (C=O) groups is 2. The number of halogens is 1. The van der Waals surface area contributed by atoms with Gasteiger partial charge in [0.25, 0.3) is 5.91 Å². The number of primary amides is 1. The van der Waals surface area contributed by atoms with Gasteiger partial charge in [-0.25, -0.2) is 0 Å². The van der Waals surface area contributed by atoms with Gasteiger partial charge >= 0.3 is 5.97 Å². The highest BCUT2D eigenvalue weighted by Gasteiger charge is 2.15. The lowest BCUT2D eigenvalue weighted by atomic mass is 10.1. The Hall–Kier alpha value is -1.55. The van der Waals surface area contributed by atoms with E-state index in [1.165, 1.54) is 6.92 Å². The lowest BCUT2D eigenvalue weighted by Gasteiger charge is -2.09. The van der Waals surface area contributed by atoms with Gasteiger partial charge in [-0.2, -0.15) is 0 Å². The van der Waals surface area contributed by atoms with Crippen LogP contribution in [0.25, 0.3) is 0 Å². The molecule has 0 saturated heterocycles. The molecule has 2 N–H and O–H groups in total. The molecule has 1 rings (SSSR count). The topological polar surface area (TPSA) is 69.4 Å². The first-order valence-electron chi connectivity index (χ1n) is 4.73. The van der Waals surface area contributed by atoms with Crippen molar-refractivity contribution in [2.45, 2.75) is 19.4 Å². The van der Waals surface area contributed by atoms with Crippen molar-refractivity contribution in [2.75, 3.05) is 0 Å². The molecular formula is C11H12ClNO3. The molecule has 1 amide bonds. The summed E-state index contributed by atoms with van der Waals surface area (Å²) in [6.45, 7) is 1.42. The van der Waals surface area contributed by atoms with Crippen LogP contribution in [0, 0.1) is 0 Å². The van der Waals surface area contributed by atoms with Gasteiger partial charge in [0.05, 0.1) is 6.42 Å². The molecule has 1 atom stereocenters. The molecule has 0 bridgehead atoms. The third kappa shape index (κ3) is 3.55. The Bertz CT molecular complexity index is 406.